The monoisotopic (exact) mass is 381 g/mol. The number of likely N-dealkylation sites (N-methyl/N-ethyl adjacent to an activating group) is 1. The molecular formula is C19H28ClN3O3. The van der Waals surface area contributed by atoms with Crippen molar-refractivity contribution in [2.75, 3.05) is 26.7 Å². The number of ether oxygens (including phenoxy) is 1. The zero-order valence-corrected chi connectivity index (χ0v) is 16.4. The van der Waals surface area contributed by atoms with Gasteiger partial charge in [-0.2, -0.15) is 0 Å². The van der Waals surface area contributed by atoms with E-state index in [0.29, 0.717) is 0 Å². The Hall–Kier alpha value is -1.63. The number of piperidine rings is 1. The van der Waals surface area contributed by atoms with Crippen molar-refractivity contribution in [3.05, 3.63) is 35.4 Å². The lowest BCUT2D eigenvalue weighted by molar-refractivity contribution is -0.163. The molecule has 2 saturated heterocycles. The lowest BCUT2D eigenvalue weighted by Gasteiger charge is -2.41. The zero-order chi connectivity index (χ0) is 18.0. The van der Waals surface area contributed by atoms with E-state index in [4.69, 9.17) is 4.74 Å². The number of nitrogens with one attached hydrogen (secondary N) is 2. The van der Waals surface area contributed by atoms with Crippen LogP contribution in [-0.2, 0) is 14.3 Å². The summed E-state index contributed by atoms with van der Waals surface area (Å²) in [6.07, 6.45) is 1.07. The molecule has 0 bridgehead atoms. The van der Waals surface area contributed by atoms with E-state index >= 15 is 0 Å². The summed E-state index contributed by atoms with van der Waals surface area (Å²) < 4.78 is 5.71. The maximum Gasteiger partial charge on any atom is 0.252 e. The predicted molar refractivity (Wildman–Crippen MR) is 102 cm³/mol. The lowest BCUT2D eigenvalue weighted by Crippen LogP contribution is -2.59. The van der Waals surface area contributed by atoms with Crippen LogP contribution in [0.25, 0.3) is 0 Å². The van der Waals surface area contributed by atoms with Crippen molar-refractivity contribution >= 4 is 24.2 Å². The number of hydrogen-bond acceptors (Lipinski definition) is 4. The van der Waals surface area contributed by atoms with Gasteiger partial charge >= 0.3 is 0 Å². The van der Waals surface area contributed by atoms with Gasteiger partial charge in [0.2, 0.25) is 5.91 Å². The molecule has 26 heavy (non-hydrogen) atoms. The minimum Gasteiger partial charge on any atom is -0.356 e. The molecule has 144 valence electrons. The fourth-order valence-corrected chi connectivity index (χ4v) is 3.69. The van der Waals surface area contributed by atoms with Gasteiger partial charge in [-0.15, -0.1) is 12.4 Å². The van der Waals surface area contributed by atoms with Crippen LogP contribution in [0.4, 0.5) is 0 Å². The van der Waals surface area contributed by atoms with Gasteiger partial charge in [-0.05, 0) is 50.9 Å². The maximum absolute atomic E-state index is 13.0. The third kappa shape index (κ3) is 4.19. The first-order chi connectivity index (χ1) is 11.9. The van der Waals surface area contributed by atoms with Crippen LogP contribution in [0.5, 0.6) is 0 Å². The first-order valence-electron chi connectivity index (χ1n) is 8.87. The molecule has 2 heterocycles. The molecule has 0 radical (unpaired) electrons. The van der Waals surface area contributed by atoms with Gasteiger partial charge in [-0.25, -0.2) is 0 Å². The summed E-state index contributed by atoms with van der Waals surface area (Å²) in [5.74, 6) is -0.248. The first-order valence-corrected chi connectivity index (χ1v) is 8.87. The molecule has 0 aromatic heterocycles. The number of morpholine rings is 1. The average molecular weight is 382 g/mol. The second kappa shape index (κ2) is 8.37. The highest BCUT2D eigenvalue weighted by Gasteiger charge is 2.42. The van der Waals surface area contributed by atoms with Gasteiger partial charge in [0.15, 0.2) is 6.10 Å². The second-order valence-electron chi connectivity index (χ2n) is 7.34. The highest BCUT2D eigenvalue weighted by molar-refractivity contribution is 5.87. The molecule has 6 nitrogen and oxygen atoms in total. The number of carbonyl (C=O) groups excluding carboxylic acids is 2. The fourth-order valence-electron chi connectivity index (χ4n) is 3.69. The predicted octanol–water partition coefficient (Wildman–Crippen LogP) is 1.57. The molecule has 3 rings (SSSR count). The Balaban J connectivity index is 0.00000243. The van der Waals surface area contributed by atoms with Crippen LogP contribution in [0, 0.1) is 6.92 Å². The highest BCUT2D eigenvalue weighted by Crippen LogP contribution is 2.32. The number of rotatable bonds is 3. The average Bonchev–Trinajstić information content (AvgIpc) is 2.58. The van der Waals surface area contributed by atoms with E-state index in [0.717, 1.165) is 37.1 Å². The third-order valence-electron chi connectivity index (χ3n) is 5.38. The Morgan fingerprint density at radius 1 is 1.31 bits per heavy atom. The summed E-state index contributed by atoms with van der Waals surface area (Å²) in [7, 11) is 1.74. The Bertz CT molecular complexity index is 661. The molecule has 1 aromatic carbocycles. The molecule has 0 aliphatic carbocycles. The van der Waals surface area contributed by atoms with Crippen molar-refractivity contribution in [1.29, 1.82) is 0 Å². The SMILES string of the molecule is Cc1ccccc1[C@@H]1[C@@H](C(=O)NC2(C)CCNCC2)OCC(=O)N1C.Cl. The quantitative estimate of drug-likeness (QED) is 0.833. The van der Waals surface area contributed by atoms with Gasteiger partial charge in [0.1, 0.15) is 6.61 Å². The molecule has 0 spiro atoms. The van der Waals surface area contributed by atoms with Gasteiger partial charge in [-0.1, -0.05) is 24.3 Å². The van der Waals surface area contributed by atoms with Gasteiger partial charge in [0, 0.05) is 12.6 Å². The van der Waals surface area contributed by atoms with E-state index in [1.165, 1.54) is 0 Å². The van der Waals surface area contributed by atoms with Gasteiger partial charge in [-0.3, -0.25) is 9.59 Å². The topological polar surface area (TPSA) is 70.7 Å². The first kappa shape index (κ1) is 20.7. The molecule has 2 aliphatic heterocycles. The van der Waals surface area contributed by atoms with Crippen LogP contribution in [0.3, 0.4) is 0 Å². The molecule has 2 atom stereocenters. The Morgan fingerprint density at radius 2 is 1.96 bits per heavy atom. The number of halogens is 1. The summed E-state index contributed by atoms with van der Waals surface area (Å²) >= 11 is 0. The summed E-state index contributed by atoms with van der Waals surface area (Å²) in [5.41, 5.74) is 1.76. The smallest absolute Gasteiger partial charge is 0.252 e. The standard InChI is InChI=1S/C19H27N3O3.ClH/c1-13-6-4-5-7-14(13)16-17(25-12-15(23)22(16)3)18(24)21-19(2)8-10-20-11-9-19;/h4-7,16-17,20H,8-12H2,1-3H3,(H,21,24);1H/t16-,17+;/m1./s1. The largest absolute Gasteiger partial charge is 0.356 e. The van der Waals surface area contributed by atoms with E-state index in [1.54, 1.807) is 11.9 Å². The van der Waals surface area contributed by atoms with Crippen LogP contribution in [0.15, 0.2) is 24.3 Å². The van der Waals surface area contributed by atoms with Crippen LogP contribution >= 0.6 is 12.4 Å². The van der Waals surface area contributed by atoms with E-state index in [1.807, 2.05) is 31.2 Å². The van der Waals surface area contributed by atoms with Gasteiger partial charge in [0.05, 0.1) is 6.04 Å². The molecule has 0 unspecified atom stereocenters. The van der Waals surface area contributed by atoms with E-state index < -0.39 is 12.1 Å². The zero-order valence-electron chi connectivity index (χ0n) is 15.6. The van der Waals surface area contributed by atoms with Crippen LogP contribution < -0.4 is 10.6 Å². The number of nitrogens with zero attached hydrogens (tertiary/aromatic N) is 1. The summed E-state index contributed by atoms with van der Waals surface area (Å²) in [5, 5.41) is 6.49. The van der Waals surface area contributed by atoms with E-state index in [2.05, 4.69) is 17.6 Å². The molecule has 2 fully saturated rings. The third-order valence-corrected chi connectivity index (χ3v) is 5.38. The number of hydrogen-bond donors (Lipinski definition) is 2. The number of carbonyl (C=O) groups is 2. The molecule has 0 saturated carbocycles. The molecule has 2 amide bonds. The molecule has 2 N–H and O–H groups in total. The Kier molecular flexibility index (Phi) is 6.66. The van der Waals surface area contributed by atoms with Crippen LogP contribution in [0.2, 0.25) is 0 Å². The maximum atomic E-state index is 13.0. The van der Waals surface area contributed by atoms with Crippen molar-refractivity contribution in [1.82, 2.24) is 15.5 Å². The fraction of sp³-hybridized carbons (Fsp3) is 0.579. The van der Waals surface area contributed by atoms with Crippen LogP contribution in [-0.4, -0.2) is 55.1 Å². The van der Waals surface area contributed by atoms with Crippen molar-refractivity contribution in [2.24, 2.45) is 0 Å². The summed E-state index contributed by atoms with van der Waals surface area (Å²) in [6, 6.07) is 7.43. The van der Waals surface area contributed by atoms with Gasteiger partial charge < -0.3 is 20.3 Å². The molecule has 7 heteroatoms. The van der Waals surface area contributed by atoms with Gasteiger partial charge in [0.25, 0.3) is 5.91 Å². The minimum atomic E-state index is -0.699. The normalized spacial score (nSPS) is 25.3. The summed E-state index contributed by atoms with van der Waals surface area (Å²) in [4.78, 5) is 26.8. The number of aryl methyl sites for hydroxylation is 1. The van der Waals surface area contributed by atoms with E-state index in [-0.39, 0.29) is 36.4 Å². The van der Waals surface area contributed by atoms with Crippen molar-refractivity contribution in [3.8, 4) is 0 Å². The Morgan fingerprint density at radius 3 is 2.62 bits per heavy atom. The van der Waals surface area contributed by atoms with Crippen LogP contribution in [0.1, 0.15) is 36.9 Å². The molecular weight excluding hydrogens is 354 g/mol. The van der Waals surface area contributed by atoms with Crippen molar-refractivity contribution in [3.63, 3.8) is 0 Å². The van der Waals surface area contributed by atoms with E-state index in [9.17, 15) is 9.59 Å². The lowest BCUT2D eigenvalue weighted by atomic mass is 9.89. The molecule has 1 aromatic rings. The Labute approximate surface area is 161 Å². The minimum absolute atomic E-state index is 0. The van der Waals surface area contributed by atoms with Crippen molar-refractivity contribution in [2.45, 2.75) is 44.4 Å². The number of amides is 2. The number of benzene rings is 1. The summed E-state index contributed by atoms with van der Waals surface area (Å²) in [6.45, 7) is 5.79. The molecule has 2 aliphatic rings. The second-order valence-corrected chi connectivity index (χ2v) is 7.34. The highest BCUT2D eigenvalue weighted by atomic mass is 35.5. The van der Waals surface area contributed by atoms with Crippen molar-refractivity contribution < 1.29 is 14.3 Å².